The third kappa shape index (κ3) is 5.87. The van der Waals surface area contributed by atoms with E-state index in [9.17, 15) is 19.5 Å². The molecule has 35 heavy (non-hydrogen) atoms. The fourth-order valence-corrected chi connectivity index (χ4v) is 4.41. The Labute approximate surface area is 203 Å². The number of rotatable bonds is 9. The molecule has 0 radical (unpaired) electrons. The minimum atomic E-state index is -1.46. The first-order valence-corrected chi connectivity index (χ1v) is 11.5. The number of amides is 1. The molecule has 0 unspecified atom stereocenters. The summed E-state index contributed by atoms with van der Waals surface area (Å²) in [6.07, 6.45) is -1.33. The Morgan fingerprint density at radius 1 is 0.886 bits per heavy atom. The van der Waals surface area contributed by atoms with Crippen LogP contribution < -0.4 is 5.32 Å². The molecule has 1 amide bonds. The van der Waals surface area contributed by atoms with Gasteiger partial charge in [-0.15, -0.1) is 0 Å². The Balaban J connectivity index is 1.31. The molecule has 0 heterocycles. The van der Waals surface area contributed by atoms with Gasteiger partial charge in [0.1, 0.15) is 18.8 Å². The summed E-state index contributed by atoms with van der Waals surface area (Å²) >= 11 is 0. The number of nitrogens with one attached hydrogen (secondary N) is 1. The maximum Gasteiger partial charge on any atom is 0.407 e. The second-order valence-corrected chi connectivity index (χ2v) is 8.56. The van der Waals surface area contributed by atoms with E-state index in [0.717, 1.165) is 27.8 Å². The summed E-state index contributed by atoms with van der Waals surface area (Å²) in [6.45, 7) is 1.78. The zero-order chi connectivity index (χ0) is 24.8. The number of alkyl carbamates (subject to hydrolysis) is 1. The van der Waals surface area contributed by atoms with Gasteiger partial charge in [-0.05, 0) is 34.7 Å². The highest BCUT2D eigenvalue weighted by Gasteiger charge is 2.30. The van der Waals surface area contributed by atoms with Gasteiger partial charge in [-0.1, -0.05) is 78.9 Å². The number of hydrogen-bond donors (Lipinski definition) is 2. The summed E-state index contributed by atoms with van der Waals surface area (Å²) in [5.74, 6) is -2.20. The normalized spacial score (nSPS) is 13.7. The van der Waals surface area contributed by atoms with Crippen LogP contribution >= 0.6 is 0 Å². The van der Waals surface area contributed by atoms with Gasteiger partial charge in [-0.3, -0.25) is 4.79 Å². The first-order chi connectivity index (χ1) is 16.9. The third-order valence-electron chi connectivity index (χ3n) is 6.00. The number of carbonyl (C=O) groups excluding carboxylic acids is 2. The van der Waals surface area contributed by atoms with E-state index in [2.05, 4.69) is 5.32 Å². The summed E-state index contributed by atoms with van der Waals surface area (Å²) in [5.41, 5.74) is 5.28. The number of ether oxygens (including phenoxy) is 2. The topological polar surface area (TPSA) is 102 Å². The van der Waals surface area contributed by atoms with E-state index in [0.29, 0.717) is 6.42 Å². The molecule has 3 aromatic carbocycles. The Hall–Kier alpha value is -4.13. The van der Waals surface area contributed by atoms with Crippen LogP contribution in [0.2, 0.25) is 0 Å². The van der Waals surface area contributed by atoms with E-state index in [1.54, 1.807) is 6.92 Å². The zero-order valence-electron chi connectivity index (χ0n) is 19.3. The zero-order valence-corrected chi connectivity index (χ0v) is 19.3. The van der Waals surface area contributed by atoms with Crippen molar-refractivity contribution in [3.8, 4) is 11.1 Å². The molecule has 1 aliphatic carbocycles. The molecule has 3 aromatic rings. The maximum atomic E-state index is 12.4. The second-order valence-electron chi connectivity index (χ2n) is 8.56. The van der Waals surface area contributed by atoms with Gasteiger partial charge in [0.15, 0.2) is 0 Å². The van der Waals surface area contributed by atoms with Crippen molar-refractivity contribution in [2.24, 2.45) is 0 Å². The monoisotopic (exact) mass is 473 g/mol. The van der Waals surface area contributed by atoms with E-state index in [4.69, 9.17) is 9.47 Å². The fraction of sp³-hybridized carbons (Fsp3) is 0.250. The average molecular weight is 474 g/mol. The molecule has 0 saturated carbocycles. The number of esters is 1. The van der Waals surface area contributed by atoms with Crippen LogP contribution in [0.1, 0.15) is 36.0 Å². The van der Waals surface area contributed by atoms with Crippen molar-refractivity contribution in [2.45, 2.75) is 37.8 Å². The van der Waals surface area contributed by atoms with Crippen molar-refractivity contribution >= 4 is 18.0 Å². The summed E-state index contributed by atoms with van der Waals surface area (Å²) in [7, 11) is 0. The van der Waals surface area contributed by atoms with Crippen LogP contribution in [0.3, 0.4) is 0 Å². The number of carboxylic acid groups (broad SMARTS) is 1. The lowest BCUT2D eigenvalue weighted by Gasteiger charge is -2.18. The van der Waals surface area contributed by atoms with Crippen LogP contribution in [0.4, 0.5) is 4.79 Å². The molecule has 7 heteroatoms. The molecule has 0 saturated heterocycles. The molecule has 0 aliphatic heterocycles. The van der Waals surface area contributed by atoms with E-state index in [1.165, 1.54) is 0 Å². The van der Waals surface area contributed by atoms with Crippen LogP contribution in [0.25, 0.3) is 11.1 Å². The van der Waals surface area contributed by atoms with Crippen LogP contribution in [0.15, 0.2) is 78.9 Å². The molecule has 0 bridgehead atoms. The predicted molar refractivity (Wildman–Crippen MR) is 130 cm³/mol. The highest BCUT2D eigenvalue weighted by atomic mass is 16.6. The second kappa shape index (κ2) is 10.9. The van der Waals surface area contributed by atoms with Gasteiger partial charge < -0.3 is 19.9 Å². The van der Waals surface area contributed by atoms with Gasteiger partial charge in [0, 0.05) is 12.3 Å². The Bertz CT molecular complexity index is 1160. The van der Waals surface area contributed by atoms with Gasteiger partial charge in [-0.25, -0.2) is 9.59 Å². The SMILES string of the molecule is C[C@H](Cc1ccccc1)OC(=O)C[C@@H](NC(=O)OCC1c2ccccc2-c2ccccc21)C(=O)O. The van der Waals surface area contributed by atoms with Crippen molar-refractivity contribution in [1.82, 2.24) is 5.32 Å². The highest BCUT2D eigenvalue weighted by molar-refractivity contribution is 5.85. The number of aliphatic carboxylic acids is 1. The number of hydrogen-bond acceptors (Lipinski definition) is 5. The van der Waals surface area contributed by atoms with Crippen molar-refractivity contribution in [2.75, 3.05) is 6.61 Å². The van der Waals surface area contributed by atoms with Crippen LogP contribution in [0, 0.1) is 0 Å². The standard InChI is InChI=1S/C28H27NO6/c1-18(15-19-9-3-2-4-10-19)35-26(30)16-25(27(31)32)29-28(33)34-17-24-22-13-7-5-11-20(22)21-12-6-8-14-23(21)24/h2-14,18,24-25H,15-17H2,1H3,(H,29,33)(H,31,32)/t18-,25-/m1/s1. The minimum Gasteiger partial charge on any atom is -0.480 e. The minimum absolute atomic E-state index is 0.0464. The first kappa shape index (κ1) is 24.0. The van der Waals surface area contributed by atoms with Gasteiger partial charge in [0.25, 0.3) is 0 Å². The highest BCUT2D eigenvalue weighted by Crippen LogP contribution is 2.44. The Morgan fingerprint density at radius 2 is 1.46 bits per heavy atom. The van der Waals surface area contributed by atoms with Gasteiger partial charge in [-0.2, -0.15) is 0 Å². The predicted octanol–water partition coefficient (Wildman–Crippen LogP) is 4.54. The molecule has 4 rings (SSSR count). The van der Waals surface area contributed by atoms with Gasteiger partial charge in [0.2, 0.25) is 0 Å². The van der Waals surface area contributed by atoms with Crippen LogP contribution in [-0.4, -0.2) is 41.9 Å². The largest absolute Gasteiger partial charge is 0.480 e. The van der Waals surface area contributed by atoms with Crippen molar-refractivity contribution in [3.63, 3.8) is 0 Å². The quantitative estimate of drug-likeness (QED) is 0.443. The molecular weight excluding hydrogens is 446 g/mol. The third-order valence-corrected chi connectivity index (χ3v) is 6.00. The molecule has 1 aliphatic rings. The van der Waals surface area contributed by atoms with E-state index in [-0.39, 0.29) is 12.5 Å². The van der Waals surface area contributed by atoms with Crippen LogP contribution in [-0.2, 0) is 25.5 Å². The molecular formula is C28H27NO6. The molecule has 180 valence electrons. The number of benzene rings is 3. The lowest BCUT2D eigenvalue weighted by Crippen LogP contribution is -2.43. The van der Waals surface area contributed by atoms with Crippen LogP contribution in [0.5, 0.6) is 0 Å². The molecule has 0 spiro atoms. The molecule has 2 atom stereocenters. The fourth-order valence-electron chi connectivity index (χ4n) is 4.41. The maximum absolute atomic E-state index is 12.4. The average Bonchev–Trinajstić information content (AvgIpc) is 3.16. The van der Waals surface area contributed by atoms with Crippen molar-refractivity contribution < 1.29 is 29.0 Å². The number of fused-ring (bicyclic) bond motifs is 3. The van der Waals surface area contributed by atoms with E-state index < -0.39 is 36.6 Å². The molecule has 0 fully saturated rings. The number of carbonyl (C=O) groups is 3. The Morgan fingerprint density at radius 3 is 2.06 bits per heavy atom. The first-order valence-electron chi connectivity index (χ1n) is 11.5. The summed E-state index contributed by atoms with van der Waals surface area (Å²) in [4.78, 5) is 36.4. The lowest BCUT2D eigenvalue weighted by molar-refractivity contribution is -0.152. The van der Waals surface area contributed by atoms with E-state index in [1.807, 2.05) is 78.9 Å². The summed E-state index contributed by atoms with van der Waals surface area (Å²) < 4.78 is 10.7. The smallest absolute Gasteiger partial charge is 0.407 e. The van der Waals surface area contributed by atoms with Gasteiger partial charge >= 0.3 is 18.0 Å². The molecule has 7 nitrogen and oxygen atoms in total. The molecule has 0 aromatic heterocycles. The van der Waals surface area contributed by atoms with Crippen molar-refractivity contribution in [1.29, 1.82) is 0 Å². The summed E-state index contributed by atoms with van der Waals surface area (Å²) in [6, 6.07) is 23.9. The van der Waals surface area contributed by atoms with Crippen molar-refractivity contribution in [3.05, 3.63) is 95.6 Å². The molecule has 2 N–H and O–H groups in total. The van der Waals surface area contributed by atoms with Gasteiger partial charge in [0.05, 0.1) is 6.42 Å². The Kier molecular flexibility index (Phi) is 7.45. The van der Waals surface area contributed by atoms with E-state index >= 15 is 0 Å². The number of carboxylic acids is 1. The lowest BCUT2D eigenvalue weighted by atomic mass is 9.98. The summed E-state index contributed by atoms with van der Waals surface area (Å²) in [5, 5.41) is 11.8.